The lowest BCUT2D eigenvalue weighted by Crippen LogP contribution is -2.34. The zero-order valence-corrected chi connectivity index (χ0v) is 8.49. The molecule has 7 heteroatoms. The molecule has 0 atom stereocenters. The van der Waals surface area contributed by atoms with Crippen LogP contribution in [0.15, 0.2) is 0 Å². The summed E-state index contributed by atoms with van der Waals surface area (Å²) in [6.45, 7) is 1.08. The highest BCUT2D eigenvalue weighted by Crippen LogP contribution is 2.11. The minimum atomic E-state index is -3.95. The summed E-state index contributed by atoms with van der Waals surface area (Å²) < 4.78 is 26.7. The number of rotatable bonds is 4. The predicted octanol–water partition coefficient (Wildman–Crippen LogP) is -0.182. The van der Waals surface area contributed by atoms with Crippen molar-refractivity contribution in [3.63, 3.8) is 0 Å². The van der Waals surface area contributed by atoms with E-state index in [0.717, 1.165) is 19.3 Å². The van der Waals surface area contributed by atoms with E-state index in [9.17, 15) is 13.2 Å². The van der Waals surface area contributed by atoms with E-state index in [2.05, 4.69) is 4.28 Å². The molecule has 0 spiro atoms. The molecule has 0 aromatic rings. The maximum absolute atomic E-state index is 11.1. The van der Waals surface area contributed by atoms with Crippen LogP contribution in [-0.4, -0.2) is 43.4 Å². The topological polar surface area (TPSA) is 83.9 Å². The van der Waals surface area contributed by atoms with Crippen LogP contribution in [0, 0.1) is 0 Å². The summed E-state index contributed by atoms with van der Waals surface area (Å²) in [4.78, 5) is 10.2. The number of carboxylic acids is 1. The third-order valence-electron chi connectivity index (χ3n) is 1.83. The summed E-state index contributed by atoms with van der Waals surface area (Å²) in [6.07, 6.45) is 2.81. The highest BCUT2D eigenvalue weighted by atomic mass is 32.2. The molecule has 0 aliphatic carbocycles. The van der Waals surface area contributed by atoms with Gasteiger partial charge in [0.25, 0.3) is 10.1 Å². The molecule has 0 unspecified atom stereocenters. The monoisotopic (exact) mass is 223 g/mol. The molecular formula is C7H13NO5S. The Labute approximate surface area is 82.5 Å². The van der Waals surface area contributed by atoms with Crippen molar-refractivity contribution in [2.75, 3.05) is 18.8 Å². The highest BCUT2D eigenvalue weighted by Gasteiger charge is 2.22. The van der Waals surface area contributed by atoms with Crippen LogP contribution in [0.25, 0.3) is 0 Å². The van der Waals surface area contributed by atoms with Gasteiger partial charge in [0.1, 0.15) is 0 Å². The Morgan fingerprint density at radius 3 is 2.36 bits per heavy atom. The van der Waals surface area contributed by atoms with E-state index in [-0.39, 0.29) is 0 Å². The molecule has 1 N–H and O–H groups in total. The van der Waals surface area contributed by atoms with Crippen LogP contribution in [0.1, 0.15) is 19.3 Å². The smallest absolute Gasteiger partial charge is 0.321 e. The average Bonchev–Trinajstić information content (AvgIpc) is 2.02. The maximum Gasteiger partial charge on any atom is 0.321 e. The van der Waals surface area contributed by atoms with Crippen LogP contribution in [0.5, 0.6) is 0 Å². The van der Waals surface area contributed by atoms with Gasteiger partial charge in [-0.25, -0.2) is 0 Å². The van der Waals surface area contributed by atoms with Crippen molar-refractivity contribution in [2.24, 2.45) is 0 Å². The Balaban J connectivity index is 2.45. The molecule has 1 aliphatic rings. The van der Waals surface area contributed by atoms with Crippen molar-refractivity contribution < 1.29 is 22.6 Å². The molecule has 0 aromatic heterocycles. The zero-order chi connectivity index (χ0) is 10.6. The van der Waals surface area contributed by atoms with Crippen molar-refractivity contribution in [3.8, 4) is 0 Å². The molecule has 14 heavy (non-hydrogen) atoms. The Morgan fingerprint density at radius 1 is 1.29 bits per heavy atom. The number of hydrogen-bond donors (Lipinski definition) is 1. The number of aliphatic carboxylic acids is 1. The van der Waals surface area contributed by atoms with E-state index in [4.69, 9.17) is 5.11 Å². The first-order valence-electron chi connectivity index (χ1n) is 4.38. The Kier molecular flexibility index (Phi) is 3.85. The van der Waals surface area contributed by atoms with Gasteiger partial charge in [-0.3, -0.25) is 4.79 Å². The number of hydrogen-bond acceptors (Lipinski definition) is 5. The van der Waals surface area contributed by atoms with Crippen LogP contribution in [0.3, 0.4) is 0 Å². The molecule has 1 fully saturated rings. The first kappa shape index (κ1) is 11.4. The van der Waals surface area contributed by atoms with Gasteiger partial charge < -0.3 is 5.11 Å². The summed E-state index contributed by atoms with van der Waals surface area (Å²) >= 11 is 0. The van der Waals surface area contributed by atoms with Crippen molar-refractivity contribution in [1.29, 1.82) is 0 Å². The molecule has 0 amide bonds. The molecule has 1 saturated heterocycles. The number of hydroxylamine groups is 2. The van der Waals surface area contributed by atoms with Gasteiger partial charge in [-0.1, -0.05) is 6.42 Å². The maximum atomic E-state index is 11.1. The lowest BCUT2D eigenvalue weighted by atomic mass is 10.2. The Bertz CT molecular complexity index is 293. The summed E-state index contributed by atoms with van der Waals surface area (Å²) in [7, 11) is -3.95. The molecule has 0 radical (unpaired) electrons. The van der Waals surface area contributed by atoms with Crippen molar-refractivity contribution in [1.82, 2.24) is 5.06 Å². The zero-order valence-electron chi connectivity index (χ0n) is 7.68. The van der Waals surface area contributed by atoms with E-state index in [1.165, 1.54) is 5.06 Å². The molecule has 1 aliphatic heterocycles. The summed E-state index contributed by atoms with van der Waals surface area (Å²) in [5, 5.41) is 9.61. The van der Waals surface area contributed by atoms with E-state index in [0.29, 0.717) is 13.1 Å². The van der Waals surface area contributed by atoms with E-state index < -0.39 is 21.8 Å². The van der Waals surface area contributed by atoms with Crippen molar-refractivity contribution in [3.05, 3.63) is 0 Å². The first-order valence-corrected chi connectivity index (χ1v) is 5.96. The van der Waals surface area contributed by atoms with E-state index in [1.54, 1.807) is 0 Å². The molecule has 0 aromatic carbocycles. The standard InChI is InChI=1S/C7H13NO5S/c9-7(10)6-14(11,12)13-8-4-2-1-3-5-8/h1-6H2,(H,9,10). The quantitative estimate of drug-likeness (QED) is 0.711. The third kappa shape index (κ3) is 4.03. The SMILES string of the molecule is O=C(O)CS(=O)(=O)ON1CCCCC1. The van der Waals surface area contributed by atoms with Gasteiger partial charge in [-0.2, -0.15) is 17.8 Å². The Morgan fingerprint density at radius 2 is 1.86 bits per heavy atom. The molecule has 0 bridgehead atoms. The second kappa shape index (κ2) is 4.72. The van der Waals surface area contributed by atoms with Crippen molar-refractivity contribution in [2.45, 2.75) is 19.3 Å². The fourth-order valence-corrected chi connectivity index (χ4v) is 2.10. The predicted molar refractivity (Wildman–Crippen MR) is 47.9 cm³/mol. The first-order chi connectivity index (χ1) is 6.49. The van der Waals surface area contributed by atoms with Gasteiger partial charge in [0.15, 0.2) is 5.75 Å². The van der Waals surface area contributed by atoms with E-state index in [1.807, 2.05) is 0 Å². The van der Waals surface area contributed by atoms with Crippen LogP contribution < -0.4 is 0 Å². The van der Waals surface area contributed by atoms with Crippen LogP contribution in [0.2, 0.25) is 0 Å². The van der Waals surface area contributed by atoms with Gasteiger partial charge in [-0.15, -0.1) is 0 Å². The van der Waals surface area contributed by atoms with E-state index >= 15 is 0 Å². The second-order valence-corrected chi connectivity index (χ2v) is 4.71. The highest BCUT2D eigenvalue weighted by molar-refractivity contribution is 7.87. The summed E-state index contributed by atoms with van der Waals surface area (Å²) in [5.74, 6) is -2.38. The molecular weight excluding hydrogens is 210 g/mol. The van der Waals surface area contributed by atoms with Gasteiger partial charge >= 0.3 is 5.97 Å². The number of piperidine rings is 1. The fraction of sp³-hybridized carbons (Fsp3) is 0.857. The summed E-state index contributed by atoms with van der Waals surface area (Å²) in [5.41, 5.74) is 0. The largest absolute Gasteiger partial charge is 0.480 e. The van der Waals surface area contributed by atoms with Gasteiger partial charge in [0, 0.05) is 13.1 Å². The minimum absolute atomic E-state index is 0.541. The second-order valence-electron chi connectivity index (χ2n) is 3.16. The van der Waals surface area contributed by atoms with Crippen LogP contribution in [-0.2, 0) is 19.2 Å². The molecule has 1 heterocycles. The lowest BCUT2D eigenvalue weighted by Gasteiger charge is -2.24. The number of carboxylic acid groups (broad SMARTS) is 1. The third-order valence-corrected chi connectivity index (χ3v) is 2.87. The van der Waals surface area contributed by atoms with Crippen LogP contribution >= 0.6 is 0 Å². The normalized spacial score (nSPS) is 19.4. The minimum Gasteiger partial charge on any atom is -0.480 e. The average molecular weight is 223 g/mol. The van der Waals surface area contributed by atoms with Gasteiger partial charge in [0.05, 0.1) is 0 Å². The molecule has 0 saturated carbocycles. The van der Waals surface area contributed by atoms with Gasteiger partial charge in [0.2, 0.25) is 0 Å². The lowest BCUT2D eigenvalue weighted by molar-refractivity contribution is -0.134. The van der Waals surface area contributed by atoms with Crippen molar-refractivity contribution >= 4 is 16.1 Å². The fourth-order valence-electron chi connectivity index (χ4n) is 1.28. The summed E-state index contributed by atoms with van der Waals surface area (Å²) in [6, 6.07) is 0. The number of carbonyl (C=O) groups is 1. The Hall–Kier alpha value is -0.660. The van der Waals surface area contributed by atoms with Crippen LogP contribution in [0.4, 0.5) is 0 Å². The molecule has 82 valence electrons. The van der Waals surface area contributed by atoms with Gasteiger partial charge in [-0.05, 0) is 12.8 Å². The molecule has 6 nitrogen and oxygen atoms in total. The number of nitrogens with zero attached hydrogens (tertiary/aromatic N) is 1. The molecule has 1 rings (SSSR count).